The van der Waals surface area contributed by atoms with E-state index in [9.17, 15) is 0 Å². The van der Waals surface area contributed by atoms with Gasteiger partial charge in [-0.15, -0.1) is 0 Å². The quantitative estimate of drug-likeness (QED) is 0.480. The van der Waals surface area contributed by atoms with Crippen LogP contribution in [0.2, 0.25) is 0 Å². The summed E-state index contributed by atoms with van der Waals surface area (Å²) in [6.07, 6.45) is 0. The summed E-state index contributed by atoms with van der Waals surface area (Å²) in [4.78, 5) is 0. The zero-order valence-corrected chi connectivity index (χ0v) is 11.7. The van der Waals surface area contributed by atoms with E-state index in [1.54, 1.807) is 0 Å². The van der Waals surface area contributed by atoms with Crippen molar-refractivity contribution in [3.05, 3.63) is 5.73 Å². The van der Waals surface area contributed by atoms with Crippen molar-refractivity contribution < 1.29 is 20.4 Å². The molecule has 0 unspecified atom stereocenters. The van der Waals surface area contributed by atoms with Gasteiger partial charge in [0.1, 0.15) is 0 Å². The summed E-state index contributed by atoms with van der Waals surface area (Å²) in [5, 5.41) is 0. The molecule has 0 saturated carbocycles. The Hall–Kier alpha value is -0.378. The van der Waals surface area contributed by atoms with E-state index in [-0.39, 0.29) is 27.8 Å². The molecule has 0 aromatic carbocycles. The molecule has 0 saturated heterocycles. The smallest absolute Gasteiger partial charge is 0 e. The second-order valence-electron chi connectivity index (χ2n) is 0. The van der Waals surface area contributed by atoms with Crippen LogP contribution in [-0.4, -0.2) is 7.05 Å². The van der Waals surface area contributed by atoms with Gasteiger partial charge in [0.2, 0.25) is 0 Å². The van der Waals surface area contributed by atoms with E-state index in [0.29, 0.717) is 0 Å². The second kappa shape index (κ2) is 175. The van der Waals surface area contributed by atoms with E-state index in [4.69, 9.17) is 5.73 Å². The largest absolute Gasteiger partial charge is 0.680 e. The van der Waals surface area contributed by atoms with Crippen LogP contribution in [0, 0.1) is 0 Å². The molecular formula is C2H8NReRf-. The first-order valence-corrected chi connectivity index (χ1v) is 0.500. The van der Waals surface area contributed by atoms with Crippen molar-refractivity contribution >= 4 is 0 Å². The Morgan fingerprint density at radius 2 is 1.20 bits per heavy atom. The fraction of sp³-hybridized carbons (Fsp3) is 1.00. The van der Waals surface area contributed by atoms with Gasteiger partial charge >= 0.3 is 0 Å². The fourth-order valence-electron chi connectivity index (χ4n) is 0. The van der Waals surface area contributed by atoms with Crippen LogP contribution in [0.4, 0.5) is 0 Å². The molecule has 0 aliphatic rings. The molecule has 0 amide bonds. The second-order valence-corrected chi connectivity index (χ2v) is 0. The van der Waals surface area contributed by atoms with E-state index < -0.39 is 0 Å². The summed E-state index contributed by atoms with van der Waals surface area (Å²) in [5.74, 6) is 0. The predicted molar refractivity (Wildman–Crippen MR) is 17.0 cm³/mol. The van der Waals surface area contributed by atoms with E-state index in [1.807, 2.05) is 0 Å². The Morgan fingerprint density at radius 1 is 1.20 bits per heavy atom. The molecule has 0 rings (SSSR count). The van der Waals surface area contributed by atoms with Gasteiger partial charge in [0.05, 0.1) is 0 Å². The summed E-state index contributed by atoms with van der Waals surface area (Å²) in [6, 6.07) is 0. The molecule has 1 radical (unpaired) electrons. The zero-order chi connectivity index (χ0) is 2.00. The van der Waals surface area contributed by atoms with Gasteiger partial charge in [-0.2, -0.15) is 7.05 Å². The van der Waals surface area contributed by atoms with Crippen molar-refractivity contribution in [2.75, 3.05) is 7.05 Å². The Labute approximate surface area is 41.2 Å². The Bertz CT molecular complexity index is 9.61. The molecule has 1 nitrogen and oxygen atoms in total. The van der Waals surface area contributed by atoms with Gasteiger partial charge in [0.25, 0.3) is 0 Å². The normalized spacial score (nSPS) is 1.20. The third-order valence-electron chi connectivity index (χ3n) is 0. The Balaban J connectivity index is -0.00000000167. The molecule has 31 valence electrons. The van der Waals surface area contributed by atoms with Crippen molar-refractivity contribution in [1.29, 1.82) is 0 Å². The molecule has 5 heavy (non-hydrogen) atoms. The van der Waals surface area contributed by atoms with Crippen molar-refractivity contribution in [2.24, 2.45) is 0 Å². The molecule has 0 aliphatic carbocycles. The van der Waals surface area contributed by atoms with Crippen molar-refractivity contribution in [1.82, 2.24) is 0 Å². The van der Waals surface area contributed by atoms with Gasteiger partial charge in [-0.3, -0.25) is 0 Å². The molecule has 0 fully saturated rings. The standard InChI is InChI=1S/CH4N.CH4.Re.Rf/c1-2;;;/h2H,1H3;1H4;;/q-1;;;. The maximum atomic E-state index is 5.75. The molecule has 0 bridgehead atoms. The van der Waals surface area contributed by atoms with E-state index in [0.717, 1.165) is 0 Å². The van der Waals surface area contributed by atoms with Crippen LogP contribution in [0.1, 0.15) is 7.43 Å². The summed E-state index contributed by atoms with van der Waals surface area (Å²) in [7, 11) is 1.25. The molecule has 0 spiro atoms. The first-order valence-electron chi connectivity index (χ1n) is 0.500. The summed E-state index contributed by atoms with van der Waals surface area (Å²) in [6.45, 7) is 0. The SMILES string of the molecule is C.C[NH-].[Re].[Rf]. The first kappa shape index (κ1) is 157. The number of rotatable bonds is 0. The van der Waals surface area contributed by atoms with Crippen molar-refractivity contribution in [2.45, 2.75) is 7.43 Å². The maximum absolute atomic E-state index is 5.75. The minimum atomic E-state index is 0. The molecule has 1 N–H and O–H groups in total. The monoisotopic (exact) mass is 500 g/mol. The molecule has 0 aromatic rings. The topological polar surface area (TPSA) is 23.8 Å². The van der Waals surface area contributed by atoms with E-state index in [2.05, 4.69) is 0 Å². The zero-order valence-electron chi connectivity index (χ0n) is 2.59. The van der Waals surface area contributed by atoms with E-state index >= 15 is 0 Å². The van der Waals surface area contributed by atoms with Crippen LogP contribution in [0.5, 0.6) is 0 Å². The van der Waals surface area contributed by atoms with Crippen molar-refractivity contribution in [3.8, 4) is 0 Å². The number of hydrogen-bond donors (Lipinski definition) is 0. The fourth-order valence-corrected chi connectivity index (χ4v) is 0. The Morgan fingerprint density at radius 3 is 1.20 bits per heavy atom. The molecule has 3 heteroatoms. The number of nitrogens with one attached hydrogen (secondary N) is 1. The van der Waals surface area contributed by atoms with Crippen LogP contribution in [-0.2, 0) is 20.4 Å². The van der Waals surface area contributed by atoms with Gasteiger partial charge in [-0.1, -0.05) is 7.43 Å². The molecule has 0 atom stereocenters. The average molecular weight is 499 g/mol. The minimum absolute atomic E-state index is 0. The van der Waals surface area contributed by atoms with Gasteiger partial charge < -0.3 is 5.73 Å². The summed E-state index contributed by atoms with van der Waals surface area (Å²) >= 11 is 0. The third kappa shape index (κ3) is 66.8. The van der Waals surface area contributed by atoms with Crippen LogP contribution in [0.25, 0.3) is 5.73 Å². The summed E-state index contributed by atoms with van der Waals surface area (Å²) in [5.41, 5.74) is 5.75. The molecule has 0 aromatic heterocycles. The van der Waals surface area contributed by atoms with E-state index in [1.165, 1.54) is 7.05 Å². The molecular weight excluding hydrogens is 491 g/mol. The van der Waals surface area contributed by atoms with Crippen LogP contribution in [0.15, 0.2) is 0 Å². The molecule has 0 heterocycles. The third-order valence-corrected chi connectivity index (χ3v) is 0. The van der Waals surface area contributed by atoms with Crippen LogP contribution < -0.4 is 0 Å². The minimum Gasteiger partial charge on any atom is -0.680 e. The first-order chi connectivity index (χ1) is 1.00. The van der Waals surface area contributed by atoms with Gasteiger partial charge in [0, 0.05) is 20.4 Å². The van der Waals surface area contributed by atoms with Gasteiger partial charge in [-0.25, -0.2) is 0 Å². The molecule has 0 aliphatic heterocycles. The average Bonchev–Trinajstić information content (AvgIpc) is 1.00. The Kier molecular flexibility index (Phi) is 5470. The number of hydrogen-bond acceptors (Lipinski definition) is 0. The van der Waals surface area contributed by atoms with Gasteiger partial charge in [0.15, 0.2) is 0 Å². The van der Waals surface area contributed by atoms with Crippen LogP contribution >= 0.6 is 0 Å². The van der Waals surface area contributed by atoms with Gasteiger partial charge in [-0.05, 0) is 0 Å². The van der Waals surface area contributed by atoms with Crippen LogP contribution in [0.3, 0.4) is 0 Å². The predicted octanol–water partition coefficient (Wildman–Crippen LogP) is 1.30. The maximum Gasteiger partial charge on any atom is 0 e. The summed E-state index contributed by atoms with van der Waals surface area (Å²) < 4.78 is 0. The van der Waals surface area contributed by atoms with Crippen molar-refractivity contribution in [3.63, 3.8) is 0 Å².